The van der Waals surface area contributed by atoms with Crippen LogP contribution in [0.25, 0.3) is 0 Å². The summed E-state index contributed by atoms with van der Waals surface area (Å²) in [6.07, 6.45) is 0.175. The summed E-state index contributed by atoms with van der Waals surface area (Å²) in [6.45, 7) is 4.00. The average Bonchev–Trinajstić information content (AvgIpc) is 2.33. The van der Waals surface area contributed by atoms with Gasteiger partial charge >= 0.3 is 0 Å². The maximum Gasteiger partial charge on any atom is 0.243 e. The van der Waals surface area contributed by atoms with Crippen molar-refractivity contribution in [2.24, 2.45) is 0 Å². The number of anilines is 1. The van der Waals surface area contributed by atoms with Crippen molar-refractivity contribution in [1.82, 2.24) is 4.31 Å². The molecule has 0 saturated heterocycles. The third kappa shape index (κ3) is 3.00. The fraction of sp³-hybridized carbons (Fsp3) is 0.417. The summed E-state index contributed by atoms with van der Waals surface area (Å²) in [4.78, 5) is 0.210. The molecule has 18 heavy (non-hydrogen) atoms. The number of sulfonamides is 1. The molecule has 0 aliphatic rings. The highest BCUT2D eigenvalue weighted by atomic mass is 32.2. The van der Waals surface area contributed by atoms with Crippen molar-refractivity contribution in [2.75, 3.05) is 18.8 Å². The number of nitrogens with zero attached hydrogens (tertiary/aromatic N) is 2. The number of hydrogen-bond donors (Lipinski definition) is 1. The van der Waals surface area contributed by atoms with E-state index in [9.17, 15) is 8.42 Å². The first-order valence-electron chi connectivity index (χ1n) is 5.66. The minimum Gasteiger partial charge on any atom is -0.399 e. The number of benzene rings is 1. The molecule has 98 valence electrons. The Morgan fingerprint density at radius 2 is 2.11 bits per heavy atom. The summed E-state index contributed by atoms with van der Waals surface area (Å²) in [5.74, 6) is 0. The molecule has 1 aromatic rings. The van der Waals surface area contributed by atoms with Gasteiger partial charge in [-0.05, 0) is 24.6 Å². The molecule has 0 aliphatic carbocycles. The van der Waals surface area contributed by atoms with Crippen LogP contribution in [-0.4, -0.2) is 25.8 Å². The lowest BCUT2D eigenvalue weighted by Crippen LogP contribution is -2.32. The Morgan fingerprint density at radius 3 is 2.67 bits per heavy atom. The van der Waals surface area contributed by atoms with Gasteiger partial charge in [-0.25, -0.2) is 8.42 Å². The van der Waals surface area contributed by atoms with Gasteiger partial charge in [-0.2, -0.15) is 9.57 Å². The fourth-order valence-corrected chi connectivity index (χ4v) is 3.37. The highest BCUT2D eigenvalue weighted by Crippen LogP contribution is 2.22. The first kappa shape index (κ1) is 14.5. The van der Waals surface area contributed by atoms with Gasteiger partial charge in [-0.3, -0.25) is 0 Å². The van der Waals surface area contributed by atoms with E-state index in [0.29, 0.717) is 17.8 Å². The van der Waals surface area contributed by atoms with Gasteiger partial charge in [0.05, 0.1) is 11.0 Å². The SMILES string of the molecule is CCN(CCC#N)S(=O)(=O)c1cc(N)ccc1C. The third-order valence-corrected chi connectivity index (χ3v) is 4.77. The van der Waals surface area contributed by atoms with Crippen LogP contribution < -0.4 is 5.73 Å². The van der Waals surface area contributed by atoms with Crippen LogP contribution in [0.4, 0.5) is 5.69 Å². The number of nitriles is 1. The molecule has 0 aromatic heterocycles. The Hall–Kier alpha value is -1.58. The minimum atomic E-state index is -3.57. The lowest BCUT2D eigenvalue weighted by molar-refractivity contribution is 0.434. The van der Waals surface area contributed by atoms with Gasteiger partial charge < -0.3 is 5.73 Å². The smallest absolute Gasteiger partial charge is 0.243 e. The molecule has 6 heteroatoms. The van der Waals surface area contributed by atoms with Gasteiger partial charge in [-0.1, -0.05) is 13.0 Å². The molecule has 5 nitrogen and oxygen atoms in total. The normalized spacial score (nSPS) is 11.4. The molecule has 0 bridgehead atoms. The molecule has 1 aromatic carbocycles. The monoisotopic (exact) mass is 267 g/mol. The summed E-state index contributed by atoms with van der Waals surface area (Å²) >= 11 is 0. The van der Waals surface area contributed by atoms with Crippen LogP contribution in [0.5, 0.6) is 0 Å². The zero-order valence-corrected chi connectivity index (χ0v) is 11.4. The maximum absolute atomic E-state index is 12.4. The second kappa shape index (κ2) is 5.85. The second-order valence-electron chi connectivity index (χ2n) is 3.93. The van der Waals surface area contributed by atoms with E-state index in [-0.39, 0.29) is 17.9 Å². The van der Waals surface area contributed by atoms with Crippen LogP contribution in [0.15, 0.2) is 23.1 Å². The number of hydrogen-bond acceptors (Lipinski definition) is 4. The molecule has 0 saturated carbocycles. The molecular formula is C12H17N3O2S. The van der Waals surface area contributed by atoms with E-state index in [2.05, 4.69) is 0 Å². The van der Waals surface area contributed by atoms with Crippen LogP contribution in [0.2, 0.25) is 0 Å². The Labute approximate surface area is 108 Å². The van der Waals surface area contributed by atoms with Crippen LogP contribution in [0.3, 0.4) is 0 Å². The zero-order valence-electron chi connectivity index (χ0n) is 10.5. The molecule has 0 unspecified atom stereocenters. The third-order valence-electron chi connectivity index (χ3n) is 2.66. The van der Waals surface area contributed by atoms with Crippen molar-refractivity contribution < 1.29 is 8.42 Å². The summed E-state index contributed by atoms with van der Waals surface area (Å²) in [7, 11) is -3.57. The van der Waals surface area contributed by atoms with Gasteiger partial charge in [0.2, 0.25) is 10.0 Å². The number of rotatable bonds is 5. The van der Waals surface area contributed by atoms with E-state index in [0.717, 1.165) is 0 Å². The van der Waals surface area contributed by atoms with E-state index in [4.69, 9.17) is 11.0 Å². The Kier molecular flexibility index (Phi) is 4.70. The molecule has 0 radical (unpaired) electrons. The molecule has 0 heterocycles. The van der Waals surface area contributed by atoms with Gasteiger partial charge in [0, 0.05) is 25.2 Å². The van der Waals surface area contributed by atoms with E-state index in [1.807, 2.05) is 6.07 Å². The predicted octanol–water partition coefficient (Wildman–Crippen LogP) is 1.50. The van der Waals surface area contributed by atoms with E-state index in [1.54, 1.807) is 26.0 Å². The summed E-state index contributed by atoms with van der Waals surface area (Å²) in [5.41, 5.74) is 6.70. The Morgan fingerprint density at radius 1 is 1.44 bits per heavy atom. The number of nitrogens with two attached hydrogens (primary N) is 1. The van der Waals surface area contributed by atoms with Crippen molar-refractivity contribution in [3.63, 3.8) is 0 Å². The minimum absolute atomic E-state index is 0.175. The molecule has 0 amide bonds. The predicted molar refractivity (Wildman–Crippen MR) is 70.3 cm³/mol. The summed E-state index contributed by atoms with van der Waals surface area (Å²) < 4.78 is 26.1. The fourth-order valence-electron chi connectivity index (χ4n) is 1.66. The van der Waals surface area contributed by atoms with Crippen LogP contribution in [-0.2, 0) is 10.0 Å². The van der Waals surface area contributed by atoms with Crippen molar-refractivity contribution in [3.8, 4) is 6.07 Å². The number of aryl methyl sites for hydroxylation is 1. The van der Waals surface area contributed by atoms with Gasteiger partial charge in [-0.15, -0.1) is 0 Å². The van der Waals surface area contributed by atoms with Crippen LogP contribution in [0.1, 0.15) is 18.9 Å². The molecule has 2 N–H and O–H groups in total. The quantitative estimate of drug-likeness (QED) is 0.819. The highest BCUT2D eigenvalue weighted by Gasteiger charge is 2.24. The summed E-state index contributed by atoms with van der Waals surface area (Å²) in [5, 5.41) is 8.55. The van der Waals surface area contributed by atoms with Crippen molar-refractivity contribution in [2.45, 2.75) is 25.2 Å². The van der Waals surface area contributed by atoms with Crippen molar-refractivity contribution in [1.29, 1.82) is 5.26 Å². The van der Waals surface area contributed by atoms with Gasteiger partial charge in [0.15, 0.2) is 0 Å². The molecule has 1 rings (SSSR count). The standard InChI is InChI=1S/C12H17N3O2S/c1-3-15(8-4-7-13)18(16,17)12-9-11(14)6-5-10(12)2/h5-6,9H,3-4,8,14H2,1-2H3. The van der Waals surface area contributed by atoms with Crippen molar-refractivity contribution in [3.05, 3.63) is 23.8 Å². The molecule has 0 aliphatic heterocycles. The maximum atomic E-state index is 12.4. The average molecular weight is 267 g/mol. The van der Waals surface area contributed by atoms with Crippen LogP contribution >= 0.6 is 0 Å². The lowest BCUT2D eigenvalue weighted by Gasteiger charge is -2.20. The Bertz CT molecular complexity index is 561. The highest BCUT2D eigenvalue weighted by molar-refractivity contribution is 7.89. The van der Waals surface area contributed by atoms with Crippen LogP contribution in [0, 0.1) is 18.3 Å². The summed E-state index contributed by atoms with van der Waals surface area (Å²) in [6, 6.07) is 6.76. The van der Waals surface area contributed by atoms with Gasteiger partial charge in [0.1, 0.15) is 0 Å². The first-order valence-corrected chi connectivity index (χ1v) is 7.10. The second-order valence-corrected chi connectivity index (χ2v) is 5.84. The molecule has 0 atom stereocenters. The number of nitrogen functional groups attached to an aromatic ring is 1. The van der Waals surface area contributed by atoms with E-state index in [1.165, 1.54) is 10.4 Å². The first-order chi connectivity index (χ1) is 8.43. The van der Waals surface area contributed by atoms with Crippen molar-refractivity contribution >= 4 is 15.7 Å². The Balaban J connectivity index is 3.19. The lowest BCUT2D eigenvalue weighted by atomic mass is 10.2. The molecule has 0 fully saturated rings. The molecular weight excluding hydrogens is 250 g/mol. The largest absolute Gasteiger partial charge is 0.399 e. The topological polar surface area (TPSA) is 87.2 Å². The van der Waals surface area contributed by atoms with E-state index >= 15 is 0 Å². The van der Waals surface area contributed by atoms with E-state index < -0.39 is 10.0 Å². The molecule has 0 spiro atoms. The van der Waals surface area contributed by atoms with Gasteiger partial charge in [0.25, 0.3) is 0 Å². The zero-order chi connectivity index (χ0) is 13.8.